The standard InChI is InChI=1S/C48H90NO9P/c1-6-8-10-12-14-15-16-17-18-19-20-21-22-23-24-25-27-31-36-40-48(52)58-46(44-57-59(53,54)56-42-41-49(3,4)5)43-55-47(51)39-35-32-28-30-34-38-45(50)37-33-29-26-13-11-9-7-2/h9,11,26,29,33,37,45-46,50H,6-8,10,12-25,27-28,30-32,34-36,38-44H2,1-5H3/b11-9+,29-26+,37-33+/t45?,46-/m1/s1. The minimum Gasteiger partial charge on any atom is -0.756 e. The van der Waals surface area contributed by atoms with Crippen LogP contribution >= 0.6 is 7.82 Å². The van der Waals surface area contributed by atoms with E-state index < -0.39 is 38.6 Å². The molecule has 0 saturated heterocycles. The van der Waals surface area contributed by atoms with Gasteiger partial charge in [-0.2, -0.15) is 0 Å². The molecule has 0 fully saturated rings. The molecule has 0 aliphatic rings. The van der Waals surface area contributed by atoms with Crippen LogP contribution in [-0.4, -0.2) is 81.2 Å². The molecule has 0 saturated carbocycles. The molecule has 0 rings (SSSR count). The zero-order valence-corrected chi connectivity index (χ0v) is 39.5. The van der Waals surface area contributed by atoms with Gasteiger partial charge in [-0.15, -0.1) is 0 Å². The van der Waals surface area contributed by atoms with E-state index in [4.69, 9.17) is 18.5 Å². The van der Waals surface area contributed by atoms with Gasteiger partial charge in [0.1, 0.15) is 19.8 Å². The lowest BCUT2D eigenvalue weighted by atomic mass is 10.0. The Hall–Kier alpha value is -1.81. The number of carbonyl (C=O) groups excluding carboxylic acids is 2. The number of aliphatic hydroxyl groups excluding tert-OH is 1. The van der Waals surface area contributed by atoms with Gasteiger partial charge in [0.25, 0.3) is 7.82 Å². The third kappa shape index (κ3) is 44.1. The second-order valence-corrected chi connectivity index (χ2v) is 18.7. The molecule has 346 valence electrons. The first-order valence-corrected chi connectivity index (χ1v) is 25.3. The first-order valence-electron chi connectivity index (χ1n) is 23.8. The number of aliphatic hydroxyl groups is 1. The van der Waals surface area contributed by atoms with Gasteiger partial charge in [0.2, 0.25) is 0 Å². The summed E-state index contributed by atoms with van der Waals surface area (Å²) in [7, 11) is 1.11. The molecule has 0 aromatic carbocycles. The van der Waals surface area contributed by atoms with Gasteiger partial charge in [0, 0.05) is 12.8 Å². The average molecular weight is 856 g/mol. The maximum absolute atomic E-state index is 12.7. The van der Waals surface area contributed by atoms with E-state index >= 15 is 0 Å². The van der Waals surface area contributed by atoms with Gasteiger partial charge in [0.05, 0.1) is 33.9 Å². The Bertz CT molecular complexity index is 1120. The lowest BCUT2D eigenvalue weighted by Crippen LogP contribution is -2.37. The summed E-state index contributed by atoms with van der Waals surface area (Å²) in [6, 6.07) is 0. The van der Waals surface area contributed by atoms with Crippen LogP contribution in [-0.2, 0) is 32.7 Å². The van der Waals surface area contributed by atoms with Crippen molar-refractivity contribution in [1.82, 2.24) is 0 Å². The zero-order valence-electron chi connectivity index (χ0n) is 38.6. The molecule has 10 nitrogen and oxygen atoms in total. The van der Waals surface area contributed by atoms with Gasteiger partial charge in [-0.1, -0.05) is 192 Å². The molecule has 1 N–H and O–H groups in total. The molecule has 0 bridgehead atoms. The van der Waals surface area contributed by atoms with Crippen molar-refractivity contribution in [1.29, 1.82) is 0 Å². The van der Waals surface area contributed by atoms with Gasteiger partial charge >= 0.3 is 11.9 Å². The van der Waals surface area contributed by atoms with Crippen LogP contribution in [0.4, 0.5) is 0 Å². The Balaban J connectivity index is 4.35. The highest BCUT2D eigenvalue weighted by molar-refractivity contribution is 7.45. The van der Waals surface area contributed by atoms with E-state index in [9.17, 15) is 24.2 Å². The third-order valence-electron chi connectivity index (χ3n) is 10.3. The molecular formula is C48H90NO9P. The van der Waals surface area contributed by atoms with Crippen LogP contribution in [0.5, 0.6) is 0 Å². The van der Waals surface area contributed by atoms with Crippen LogP contribution in [0.3, 0.4) is 0 Å². The fourth-order valence-corrected chi connectivity index (χ4v) is 7.27. The molecule has 11 heteroatoms. The highest BCUT2D eigenvalue weighted by atomic mass is 31.2. The van der Waals surface area contributed by atoms with Crippen LogP contribution in [0.2, 0.25) is 0 Å². The molecule has 3 atom stereocenters. The van der Waals surface area contributed by atoms with Crippen molar-refractivity contribution in [3.05, 3.63) is 36.5 Å². The number of phosphoric ester groups is 1. The van der Waals surface area contributed by atoms with Gasteiger partial charge in [-0.05, 0) is 32.1 Å². The van der Waals surface area contributed by atoms with E-state index in [1.54, 1.807) is 0 Å². The van der Waals surface area contributed by atoms with Gasteiger partial charge in [-0.25, -0.2) is 0 Å². The largest absolute Gasteiger partial charge is 0.756 e. The van der Waals surface area contributed by atoms with Gasteiger partial charge < -0.3 is 33.0 Å². The zero-order chi connectivity index (χ0) is 43.7. The Kier molecular flexibility index (Phi) is 39.0. The molecule has 0 radical (unpaired) electrons. The molecule has 0 heterocycles. The fourth-order valence-electron chi connectivity index (χ4n) is 6.55. The van der Waals surface area contributed by atoms with Crippen molar-refractivity contribution >= 4 is 19.8 Å². The molecule has 0 amide bonds. The molecule has 0 aliphatic heterocycles. The molecule has 0 aromatic rings. The molecule has 2 unspecified atom stereocenters. The Morgan fingerprint density at radius 3 is 1.63 bits per heavy atom. The van der Waals surface area contributed by atoms with Crippen molar-refractivity contribution < 1.29 is 47.2 Å². The number of ether oxygens (including phenoxy) is 2. The van der Waals surface area contributed by atoms with Crippen molar-refractivity contribution in [2.24, 2.45) is 0 Å². The number of carbonyl (C=O) groups is 2. The summed E-state index contributed by atoms with van der Waals surface area (Å²) in [5, 5.41) is 10.1. The number of unbranched alkanes of at least 4 members (excludes halogenated alkanes) is 22. The minimum atomic E-state index is -4.65. The molecule has 0 aromatic heterocycles. The normalized spacial score (nSPS) is 14.4. The number of phosphoric acid groups is 1. The maximum Gasteiger partial charge on any atom is 0.306 e. The predicted octanol–water partition coefficient (Wildman–Crippen LogP) is 12.0. The SMILES string of the molecule is CC/C=C/C/C=C/C=C/C(O)CCCCCCCC(=O)OC[C@H](COP(=O)([O-])OCC[N+](C)(C)C)OC(=O)CCCCCCCCCCCCCCCCCCCCC. The lowest BCUT2D eigenvalue weighted by Gasteiger charge is -2.28. The van der Waals surface area contributed by atoms with Crippen LogP contribution in [0.15, 0.2) is 36.5 Å². The van der Waals surface area contributed by atoms with E-state index in [1.165, 1.54) is 96.3 Å². The maximum atomic E-state index is 12.7. The number of esters is 2. The molecule has 59 heavy (non-hydrogen) atoms. The van der Waals surface area contributed by atoms with E-state index in [-0.39, 0.29) is 26.1 Å². The summed E-state index contributed by atoms with van der Waals surface area (Å²) in [4.78, 5) is 37.6. The van der Waals surface area contributed by atoms with Crippen molar-refractivity contribution in [2.75, 3.05) is 47.5 Å². The lowest BCUT2D eigenvalue weighted by molar-refractivity contribution is -0.870. The smallest absolute Gasteiger partial charge is 0.306 e. The number of likely N-dealkylation sites (N-methyl/N-ethyl adjacent to an activating group) is 1. The molecule has 0 spiro atoms. The first kappa shape index (κ1) is 57.2. The second kappa shape index (κ2) is 40.3. The average Bonchev–Trinajstić information content (AvgIpc) is 3.18. The predicted molar refractivity (Wildman–Crippen MR) is 242 cm³/mol. The highest BCUT2D eigenvalue weighted by Crippen LogP contribution is 2.38. The quantitative estimate of drug-likeness (QED) is 0.0159. The highest BCUT2D eigenvalue weighted by Gasteiger charge is 2.21. The van der Waals surface area contributed by atoms with Crippen molar-refractivity contribution in [3.8, 4) is 0 Å². The summed E-state index contributed by atoms with van der Waals surface area (Å²) in [5.74, 6) is -0.904. The topological polar surface area (TPSA) is 131 Å². The summed E-state index contributed by atoms with van der Waals surface area (Å²) in [6.45, 7) is 4.01. The number of nitrogens with zero attached hydrogens (tertiary/aromatic N) is 1. The summed E-state index contributed by atoms with van der Waals surface area (Å²) in [6.07, 6.45) is 41.9. The van der Waals surface area contributed by atoms with Crippen molar-refractivity contribution in [3.63, 3.8) is 0 Å². The Morgan fingerprint density at radius 2 is 1.12 bits per heavy atom. The monoisotopic (exact) mass is 856 g/mol. The fraction of sp³-hybridized carbons (Fsp3) is 0.833. The van der Waals surface area contributed by atoms with Gasteiger partial charge in [-0.3, -0.25) is 14.2 Å². The first-order chi connectivity index (χ1) is 28.4. The van der Waals surface area contributed by atoms with Crippen LogP contribution < -0.4 is 4.89 Å². The summed E-state index contributed by atoms with van der Waals surface area (Å²) in [5.41, 5.74) is 0. The molecular weight excluding hydrogens is 765 g/mol. The van der Waals surface area contributed by atoms with E-state index in [0.717, 1.165) is 57.8 Å². The third-order valence-corrected chi connectivity index (χ3v) is 11.2. The van der Waals surface area contributed by atoms with Crippen LogP contribution in [0, 0.1) is 0 Å². The summed E-state index contributed by atoms with van der Waals surface area (Å²) >= 11 is 0. The Morgan fingerprint density at radius 1 is 0.627 bits per heavy atom. The number of rotatable bonds is 43. The van der Waals surface area contributed by atoms with Crippen LogP contribution in [0.1, 0.15) is 200 Å². The van der Waals surface area contributed by atoms with E-state index in [1.807, 2.05) is 39.4 Å². The molecule has 0 aliphatic carbocycles. The van der Waals surface area contributed by atoms with E-state index in [0.29, 0.717) is 30.3 Å². The van der Waals surface area contributed by atoms with Crippen LogP contribution in [0.25, 0.3) is 0 Å². The second-order valence-electron chi connectivity index (χ2n) is 17.3. The van der Waals surface area contributed by atoms with E-state index in [2.05, 4.69) is 32.1 Å². The van der Waals surface area contributed by atoms with Gasteiger partial charge in [0.15, 0.2) is 6.10 Å². The number of quaternary nitrogens is 1. The minimum absolute atomic E-state index is 0.0459. The number of hydrogen-bond donors (Lipinski definition) is 1. The van der Waals surface area contributed by atoms with Crippen molar-refractivity contribution in [2.45, 2.75) is 212 Å². The number of allylic oxidation sites excluding steroid dienone is 5. The Labute approximate surface area is 362 Å². The summed E-state index contributed by atoms with van der Waals surface area (Å²) < 4.78 is 33.9. The number of hydrogen-bond acceptors (Lipinski definition) is 9.